The first-order valence-corrected chi connectivity index (χ1v) is 9.08. The summed E-state index contributed by atoms with van der Waals surface area (Å²) in [6.07, 6.45) is 4.13. The van der Waals surface area contributed by atoms with E-state index in [9.17, 15) is 0 Å². The maximum Gasteiger partial charge on any atom is 0.0940 e. The number of hydrogen-bond acceptors (Lipinski definition) is 4. The lowest BCUT2D eigenvalue weighted by Gasteiger charge is -2.24. The van der Waals surface area contributed by atoms with Gasteiger partial charge in [0.05, 0.1) is 5.01 Å². The van der Waals surface area contributed by atoms with E-state index < -0.39 is 0 Å². The molecule has 20 heavy (non-hydrogen) atoms. The van der Waals surface area contributed by atoms with Gasteiger partial charge in [-0.2, -0.15) is 0 Å². The Morgan fingerprint density at radius 3 is 3.10 bits per heavy atom. The molecule has 0 fully saturated rings. The SMILES string of the molecule is CCCNC(Cc1nccs1)C1CSc2ccccc21. The highest BCUT2D eigenvalue weighted by atomic mass is 32.2. The molecule has 1 N–H and O–H groups in total. The highest BCUT2D eigenvalue weighted by Crippen LogP contribution is 2.41. The number of fused-ring (bicyclic) bond motifs is 1. The number of aromatic nitrogens is 1. The van der Waals surface area contributed by atoms with Crippen molar-refractivity contribution < 1.29 is 0 Å². The summed E-state index contributed by atoms with van der Waals surface area (Å²) in [5, 5.41) is 7.06. The van der Waals surface area contributed by atoms with Crippen LogP contribution in [0.3, 0.4) is 0 Å². The average Bonchev–Trinajstić information content (AvgIpc) is 3.12. The summed E-state index contributed by atoms with van der Waals surface area (Å²) < 4.78 is 0. The highest BCUT2D eigenvalue weighted by molar-refractivity contribution is 7.99. The van der Waals surface area contributed by atoms with Crippen molar-refractivity contribution in [2.45, 2.75) is 36.6 Å². The minimum atomic E-state index is 0.497. The van der Waals surface area contributed by atoms with E-state index in [0.29, 0.717) is 12.0 Å². The van der Waals surface area contributed by atoms with Crippen LogP contribution in [-0.2, 0) is 6.42 Å². The molecule has 1 aliphatic heterocycles. The molecule has 3 rings (SSSR count). The molecule has 1 aliphatic rings. The first-order valence-electron chi connectivity index (χ1n) is 7.22. The second kappa shape index (κ2) is 6.74. The van der Waals surface area contributed by atoms with E-state index in [-0.39, 0.29) is 0 Å². The summed E-state index contributed by atoms with van der Waals surface area (Å²) in [5.41, 5.74) is 1.52. The highest BCUT2D eigenvalue weighted by Gasteiger charge is 2.30. The monoisotopic (exact) mass is 304 g/mol. The Hall–Kier alpha value is -0.840. The Morgan fingerprint density at radius 2 is 2.30 bits per heavy atom. The molecule has 0 saturated carbocycles. The molecule has 2 unspecified atom stereocenters. The molecule has 0 aliphatic carbocycles. The Morgan fingerprint density at radius 1 is 1.40 bits per heavy atom. The van der Waals surface area contributed by atoms with E-state index in [1.807, 2.05) is 18.0 Å². The van der Waals surface area contributed by atoms with Crippen molar-refractivity contribution in [3.63, 3.8) is 0 Å². The van der Waals surface area contributed by atoms with E-state index in [1.54, 1.807) is 11.3 Å². The van der Waals surface area contributed by atoms with Crippen LogP contribution in [0.1, 0.15) is 29.8 Å². The summed E-state index contributed by atoms with van der Waals surface area (Å²) in [6, 6.07) is 9.35. The van der Waals surface area contributed by atoms with Crippen LogP contribution in [0.25, 0.3) is 0 Å². The number of nitrogens with zero attached hydrogens (tertiary/aromatic N) is 1. The lowest BCUT2D eigenvalue weighted by Crippen LogP contribution is -2.37. The molecule has 0 bridgehead atoms. The van der Waals surface area contributed by atoms with Crippen LogP contribution in [0.15, 0.2) is 40.7 Å². The van der Waals surface area contributed by atoms with E-state index in [0.717, 1.165) is 13.0 Å². The molecule has 0 amide bonds. The zero-order valence-corrected chi connectivity index (χ0v) is 13.3. The normalized spacial score (nSPS) is 18.9. The Kier molecular flexibility index (Phi) is 4.76. The van der Waals surface area contributed by atoms with Gasteiger partial charge in [-0.25, -0.2) is 4.98 Å². The van der Waals surface area contributed by atoms with Gasteiger partial charge in [0.1, 0.15) is 0 Å². The van der Waals surface area contributed by atoms with E-state index in [2.05, 4.69) is 46.9 Å². The number of rotatable bonds is 6. The Bertz CT molecular complexity index is 539. The maximum absolute atomic E-state index is 4.46. The summed E-state index contributed by atoms with van der Waals surface area (Å²) in [4.78, 5) is 5.92. The van der Waals surface area contributed by atoms with Gasteiger partial charge in [0, 0.05) is 40.6 Å². The largest absolute Gasteiger partial charge is 0.313 e. The average molecular weight is 304 g/mol. The summed E-state index contributed by atoms with van der Waals surface area (Å²) >= 11 is 3.76. The van der Waals surface area contributed by atoms with Crippen molar-refractivity contribution in [3.05, 3.63) is 46.4 Å². The molecule has 106 valence electrons. The smallest absolute Gasteiger partial charge is 0.0940 e. The van der Waals surface area contributed by atoms with Gasteiger partial charge in [0.2, 0.25) is 0 Å². The van der Waals surface area contributed by atoms with E-state index in [4.69, 9.17) is 0 Å². The summed E-state index contributed by atoms with van der Waals surface area (Å²) in [6.45, 7) is 3.31. The predicted molar refractivity (Wildman–Crippen MR) is 87.8 cm³/mol. The van der Waals surface area contributed by atoms with Gasteiger partial charge in [0.15, 0.2) is 0 Å². The van der Waals surface area contributed by atoms with Crippen molar-refractivity contribution in [2.24, 2.45) is 0 Å². The standard InChI is InChI=1S/C16H20N2S2/c1-2-7-17-14(10-16-18-8-9-19-16)13-11-20-15-6-4-3-5-12(13)15/h3-6,8-9,13-14,17H,2,7,10-11H2,1H3. The fourth-order valence-electron chi connectivity index (χ4n) is 2.75. The Balaban J connectivity index is 1.79. The summed E-state index contributed by atoms with van der Waals surface area (Å²) in [5.74, 6) is 1.79. The molecule has 1 aromatic carbocycles. The third-order valence-corrected chi connectivity index (χ3v) is 5.77. The van der Waals surface area contributed by atoms with Gasteiger partial charge in [-0.3, -0.25) is 0 Å². The quantitative estimate of drug-likeness (QED) is 0.875. The van der Waals surface area contributed by atoms with Crippen LogP contribution in [0.4, 0.5) is 0 Å². The van der Waals surface area contributed by atoms with Crippen molar-refractivity contribution in [1.29, 1.82) is 0 Å². The lowest BCUT2D eigenvalue weighted by molar-refractivity contribution is 0.451. The lowest BCUT2D eigenvalue weighted by atomic mass is 9.91. The minimum absolute atomic E-state index is 0.497. The zero-order valence-electron chi connectivity index (χ0n) is 11.7. The van der Waals surface area contributed by atoms with Crippen LogP contribution in [0.5, 0.6) is 0 Å². The van der Waals surface area contributed by atoms with Crippen molar-refractivity contribution in [2.75, 3.05) is 12.3 Å². The van der Waals surface area contributed by atoms with Crippen LogP contribution in [0, 0.1) is 0 Å². The molecule has 2 nitrogen and oxygen atoms in total. The predicted octanol–water partition coefficient (Wildman–Crippen LogP) is 3.94. The first-order chi connectivity index (χ1) is 9.88. The van der Waals surface area contributed by atoms with Gasteiger partial charge in [-0.15, -0.1) is 23.1 Å². The molecule has 2 heterocycles. The second-order valence-electron chi connectivity index (χ2n) is 5.15. The Labute approximate surface area is 129 Å². The minimum Gasteiger partial charge on any atom is -0.313 e. The fraction of sp³-hybridized carbons (Fsp3) is 0.438. The van der Waals surface area contributed by atoms with Gasteiger partial charge >= 0.3 is 0 Å². The third kappa shape index (κ3) is 3.08. The zero-order chi connectivity index (χ0) is 13.8. The van der Waals surface area contributed by atoms with Crippen molar-refractivity contribution in [3.8, 4) is 0 Å². The van der Waals surface area contributed by atoms with Crippen LogP contribution in [-0.4, -0.2) is 23.3 Å². The van der Waals surface area contributed by atoms with Gasteiger partial charge in [-0.05, 0) is 24.6 Å². The molecular formula is C16H20N2S2. The fourth-order valence-corrected chi connectivity index (χ4v) is 4.76. The topological polar surface area (TPSA) is 24.9 Å². The molecule has 2 atom stereocenters. The molecule has 1 aromatic heterocycles. The molecule has 4 heteroatoms. The number of hydrogen-bond donors (Lipinski definition) is 1. The maximum atomic E-state index is 4.46. The molecule has 0 saturated heterocycles. The van der Waals surface area contributed by atoms with Crippen LogP contribution in [0.2, 0.25) is 0 Å². The first kappa shape index (κ1) is 14.1. The summed E-state index contributed by atoms with van der Waals surface area (Å²) in [7, 11) is 0. The number of benzene rings is 1. The van der Waals surface area contributed by atoms with E-state index in [1.165, 1.54) is 27.6 Å². The molecular weight excluding hydrogens is 284 g/mol. The van der Waals surface area contributed by atoms with Gasteiger partial charge in [-0.1, -0.05) is 25.1 Å². The number of thiazole rings is 1. The van der Waals surface area contributed by atoms with Crippen LogP contribution < -0.4 is 5.32 Å². The molecule has 0 radical (unpaired) electrons. The van der Waals surface area contributed by atoms with Gasteiger partial charge < -0.3 is 5.32 Å². The van der Waals surface area contributed by atoms with Gasteiger partial charge in [0.25, 0.3) is 0 Å². The van der Waals surface area contributed by atoms with E-state index >= 15 is 0 Å². The van der Waals surface area contributed by atoms with Crippen molar-refractivity contribution in [1.82, 2.24) is 10.3 Å². The number of nitrogens with one attached hydrogen (secondary N) is 1. The molecule has 2 aromatic rings. The van der Waals surface area contributed by atoms with Crippen LogP contribution >= 0.6 is 23.1 Å². The second-order valence-corrected chi connectivity index (χ2v) is 7.19. The third-order valence-electron chi connectivity index (χ3n) is 3.76. The number of thioether (sulfide) groups is 1. The van der Waals surface area contributed by atoms with Crippen molar-refractivity contribution >= 4 is 23.1 Å². The molecule has 0 spiro atoms.